The highest BCUT2D eigenvalue weighted by molar-refractivity contribution is 14.1. The van der Waals surface area contributed by atoms with Gasteiger partial charge in [-0.05, 0) is 59.0 Å². The molecule has 1 heterocycles. The van der Waals surface area contributed by atoms with Crippen LogP contribution in [-0.2, 0) is 0 Å². The van der Waals surface area contributed by atoms with Crippen molar-refractivity contribution in [2.75, 3.05) is 5.32 Å². The van der Waals surface area contributed by atoms with Gasteiger partial charge in [0.1, 0.15) is 11.2 Å². The van der Waals surface area contributed by atoms with Crippen molar-refractivity contribution in [2.24, 2.45) is 0 Å². The first-order valence-corrected chi connectivity index (χ1v) is 8.27. The van der Waals surface area contributed by atoms with Crippen LogP contribution in [-0.4, -0.2) is 5.91 Å². The van der Waals surface area contributed by atoms with Crippen LogP contribution in [0.1, 0.15) is 10.4 Å². The molecular weight excluding hydrogens is 401 g/mol. The van der Waals surface area contributed by atoms with Gasteiger partial charge in [0.25, 0.3) is 5.91 Å². The second-order valence-corrected chi connectivity index (χ2v) is 6.41. The van der Waals surface area contributed by atoms with E-state index in [2.05, 4.69) is 27.9 Å². The molecule has 0 bridgehead atoms. The van der Waals surface area contributed by atoms with E-state index in [4.69, 9.17) is 4.42 Å². The van der Waals surface area contributed by atoms with Gasteiger partial charge in [-0.15, -0.1) is 0 Å². The number of nitrogens with one attached hydrogen (secondary N) is 1. The van der Waals surface area contributed by atoms with Gasteiger partial charge in [-0.25, -0.2) is 0 Å². The van der Waals surface area contributed by atoms with Crippen molar-refractivity contribution in [3.05, 3.63) is 75.9 Å². The highest BCUT2D eigenvalue weighted by atomic mass is 127. The molecule has 1 amide bonds. The predicted molar refractivity (Wildman–Crippen MR) is 101 cm³/mol. The molecule has 4 aromatic rings. The van der Waals surface area contributed by atoms with Crippen molar-refractivity contribution in [1.29, 1.82) is 0 Å². The van der Waals surface area contributed by atoms with Gasteiger partial charge in [0.05, 0.1) is 5.56 Å². The van der Waals surface area contributed by atoms with Crippen LogP contribution in [0.25, 0.3) is 21.9 Å². The lowest BCUT2D eigenvalue weighted by atomic mass is 10.1. The number of hydrogen-bond acceptors (Lipinski definition) is 2. The van der Waals surface area contributed by atoms with Gasteiger partial charge in [-0.1, -0.05) is 30.3 Å². The quantitative estimate of drug-likeness (QED) is 0.445. The zero-order valence-electron chi connectivity index (χ0n) is 12.0. The van der Waals surface area contributed by atoms with Gasteiger partial charge < -0.3 is 9.73 Å². The van der Waals surface area contributed by atoms with Gasteiger partial charge in [-0.3, -0.25) is 4.79 Å². The second kappa shape index (κ2) is 5.70. The molecule has 3 nitrogen and oxygen atoms in total. The largest absolute Gasteiger partial charge is 0.456 e. The number of hydrogen-bond donors (Lipinski definition) is 1. The molecular formula is C19H12INO2. The third-order valence-electron chi connectivity index (χ3n) is 3.75. The van der Waals surface area contributed by atoms with Crippen LogP contribution < -0.4 is 5.32 Å². The SMILES string of the molecule is O=C(Nc1ccc2oc3ccccc3c2c1)c1ccccc1I. The lowest BCUT2D eigenvalue weighted by Crippen LogP contribution is -2.13. The summed E-state index contributed by atoms with van der Waals surface area (Å²) in [6.07, 6.45) is 0. The molecule has 0 aliphatic rings. The van der Waals surface area contributed by atoms with E-state index in [9.17, 15) is 4.79 Å². The Kier molecular flexibility index (Phi) is 3.53. The predicted octanol–water partition coefficient (Wildman–Crippen LogP) is 5.44. The Bertz CT molecular complexity index is 1040. The van der Waals surface area contributed by atoms with Crippen LogP contribution >= 0.6 is 22.6 Å². The number of amides is 1. The smallest absolute Gasteiger partial charge is 0.256 e. The lowest BCUT2D eigenvalue weighted by molar-refractivity contribution is 0.102. The Hall–Kier alpha value is -2.34. The molecule has 0 radical (unpaired) electrons. The van der Waals surface area contributed by atoms with Gasteiger partial charge >= 0.3 is 0 Å². The van der Waals surface area contributed by atoms with Crippen LogP contribution in [0.15, 0.2) is 71.1 Å². The summed E-state index contributed by atoms with van der Waals surface area (Å²) in [5, 5.41) is 5.01. The third kappa shape index (κ3) is 2.59. The number of rotatable bonds is 2. The first-order chi connectivity index (χ1) is 11.2. The van der Waals surface area contributed by atoms with Crippen LogP contribution in [0.5, 0.6) is 0 Å². The summed E-state index contributed by atoms with van der Waals surface area (Å²) in [4.78, 5) is 12.4. The number of fused-ring (bicyclic) bond motifs is 3. The molecule has 0 saturated carbocycles. The van der Waals surface area contributed by atoms with E-state index in [1.165, 1.54) is 0 Å². The number of carbonyl (C=O) groups excluding carboxylic acids is 1. The van der Waals surface area contributed by atoms with E-state index in [-0.39, 0.29) is 5.91 Å². The maximum atomic E-state index is 12.4. The van der Waals surface area contributed by atoms with Gasteiger partial charge in [-0.2, -0.15) is 0 Å². The molecule has 0 saturated heterocycles. The fourth-order valence-electron chi connectivity index (χ4n) is 2.65. The highest BCUT2D eigenvalue weighted by Crippen LogP contribution is 2.30. The molecule has 1 N–H and O–H groups in total. The monoisotopic (exact) mass is 413 g/mol. The number of carbonyl (C=O) groups is 1. The summed E-state index contributed by atoms with van der Waals surface area (Å²) in [6, 6.07) is 21.1. The summed E-state index contributed by atoms with van der Waals surface area (Å²) in [5.74, 6) is -0.109. The Morgan fingerprint density at radius 3 is 2.48 bits per heavy atom. The summed E-state index contributed by atoms with van der Waals surface area (Å²) in [5.41, 5.74) is 3.10. The van der Waals surface area contributed by atoms with Crippen molar-refractivity contribution in [3.63, 3.8) is 0 Å². The summed E-state index contributed by atoms with van der Waals surface area (Å²) >= 11 is 2.17. The zero-order chi connectivity index (χ0) is 15.8. The second-order valence-electron chi connectivity index (χ2n) is 5.24. The molecule has 23 heavy (non-hydrogen) atoms. The Morgan fingerprint density at radius 2 is 1.61 bits per heavy atom. The van der Waals surface area contributed by atoms with E-state index in [1.54, 1.807) is 0 Å². The van der Waals surface area contributed by atoms with Gasteiger partial charge in [0, 0.05) is 20.0 Å². The molecule has 0 aliphatic heterocycles. The fraction of sp³-hybridized carbons (Fsp3) is 0. The van der Waals surface area contributed by atoms with E-state index in [1.807, 2.05) is 66.7 Å². The number of para-hydroxylation sites is 1. The number of halogens is 1. The van der Waals surface area contributed by atoms with E-state index in [0.717, 1.165) is 31.2 Å². The number of furan rings is 1. The van der Waals surface area contributed by atoms with Gasteiger partial charge in [0.2, 0.25) is 0 Å². The molecule has 0 spiro atoms. The normalized spacial score (nSPS) is 11.0. The van der Waals surface area contributed by atoms with Crippen molar-refractivity contribution < 1.29 is 9.21 Å². The first kappa shape index (κ1) is 14.3. The van der Waals surface area contributed by atoms with Crippen molar-refractivity contribution >= 4 is 56.1 Å². The Morgan fingerprint density at radius 1 is 0.870 bits per heavy atom. The van der Waals surface area contributed by atoms with E-state index < -0.39 is 0 Å². The minimum Gasteiger partial charge on any atom is -0.456 e. The van der Waals surface area contributed by atoms with E-state index in [0.29, 0.717) is 5.56 Å². The molecule has 0 aliphatic carbocycles. The standard InChI is InChI=1S/C19H12INO2/c20-16-7-3-1-6-14(16)19(22)21-12-9-10-18-15(11-12)13-5-2-4-8-17(13)23-18/h1-11H,(H,21,22). The highest BCUT2D eigenvalue weighted by Gasteiger charge is 2.11. The molecule has 1 aromatic heterocycles. The fourth-order valence-corrected chi connectivity index (χ4v) is 3.28. The van der Waals surface area contributed by atoms with Crippen LogP contribution in [0.4, 0.5) is 5.69 Å². The Labute approximate surface area is 146 Å². The maximum absolute atomic E-state index is 12.4. The minimum absolute atomic E-state index is 0.109. The van der Waals surface area contributed by atoms with E-state index >= 15 is 0 Å². The summed E-state index contributed by atoms with van der Waals surface area (Å²) in [7, 11) is 0. The molecule has 0 fully saturated rings. The average Bonchev–Trinajstić information content (AvgIpc) is 2.93. The van der Waals surface area contributed by atoms with Crippen LogP contribution in [0.3, 0.4) is 0 Å². The van der Waals surface area contributed by atoms with Crippen molar-refractivity contribution in [3.8, 4) is 0 Å². The first-order valence-electron chi connectivity index (χ1n) is 7.19. The summed E-state index contributed by atoms with van der Waals surface area (Å²) < 4.78 is 6.73. The molecule has 4 heteroatoms. The molecule has 112 valence electrons. The Balaban J connectivity index is 1.73. The average molecular weight is 413 g/mol. The summed E-state index contributed by atoms with van der Waals surface area (Å²) in [6.45, 7) is 0. The van der Waals surface area contributed by atoms with Crippen molar-refractivity contribution in [1.82, 2.24) is 0 Å². The maximum Gasteiger partial charge on any atom is 0.256 e. The van der Waals surface area contributed by atoms with Gasteiger partial charge in [0.15, 0.2) is 0 Å². The number of benzene rings is 3. The number of anilines is 1. The minimum atomic E-state index is -0.109. The van der Waals surface area contributed by atoms with Crippen LogP contribution in [0.2, 0.25) is 0 Å². The molecule has 0 unspecified atom stereocenters. The lowest BCUT2D eigenvalue weighted by Gasteiger charge is -2.06. The molecule has 0 atom stereocenters. The molecule has 4 rings (SSSR count). The molecule has 3 aromatic carbocycles. The third-order valence-corrected chi connectivity index (χ3v) is 4.69. The van der Waals surface area contributed by atoms with Crippen molar-refractivity contribution in [2.45, 2.75) is 0 Å². The van der Waals surface area contributed by atoms with Crippen LogP contribution in [0, 0.1) is 3.57 Å². The topological polar surface area (TPSA) is 42.2 Å². The zero-order valence-corrected chi connectivity index (χ0v) is 14.2.